The summed E-state index contributed by atoms with van der Waals surface area (Å²) in [7, 11) is 3.34. The molecule has 1 aromatic heterocycles. The van der Waals surface area contributed by atoms with Crippen molar-refractivity contribution >= 4 is 22.1 Å². The van der Waals surface area contributed by atoms with Crippen LogP contribution < -0.4 is 15.2 Å². The molecule has 1 atom stereocenters. The molecule has 4 heteroatoms. The zero-order chi connectivity index (χ0) is 14.8. The number of benzene rings is 2. The van der Waals surface area contributed by atoms with Gasteiger partial charge in [0.25, 0.3) is 0 Å². The van der Waals surface area contributed by atoms with Gasteiger partial charge in [0.2, 0.25) is 0 Å². The topological polar surface area (TPSA) is 44.5 Å². The average molecular weight is 299 g/mol. The minimum atomic E-state index is -0.134. The molecule has 1 unspecified atom stereocenters. The smallest absolute Gasteiger partial charge is 0.129 e. The highest BCUT2D eigenvalue weighted by Gasteiger charge is 2.12. The number of hydrogen-bond donors (Lipinski definition) is 1. The van der Waals surface area contributed by atoms with E-state index in [0.29, 0.717) is 0 Å². The van der Waals surface area contributed by atoms with Crippen LogP contribution in [0.1, 0.15) is 16.5 Å². The normalized spacial score (nSPS) is 12.3. The van der Waals surface area contributed by atoms with E-state index >= 15 is 0 Å². The highest BCUT2D eigenvalue weighted by atomic mass is 32.1. The van der Waals surface area contributed by atoms with Crippen LogP contribution in [0.2, 0.25) is 0 Å². The van der Waals surface area contributed by atoms with Crippen LogP contribution in [-0.4, -0.2) is 14.2 Å². The van der Waals surface area contributed by atoms with Gasteiger partial charge >= 0.3 is 0 Å². The molecule has 21 heavy (non-hydrogen) atoms. The standard InChI is InChI=1S/C17H17NO2S/c1-19-14-6-5-11-7-13(4-3-12(11)8-14)17(18)16-9-15(20-2)10-21-16/h3-10,17H,18H2,1-2H3. The van der Waals surface area contributed by atoms with Crippen molar-refractivity contribution in [3.8, 4) is 11.5 Å². The molecular weight excluding hydrogens is 282 g/mol. The lowest BCUT2D eigenvalue weighted by Crippen LogP contribution is -2.09. The third-order valence-electron chi connectivity index (χ3n) is 3.57. The molecule has 0 saturated heterocycles. The molecule has 0 radical (unpaired) electrons. The Morgan fingerprint density at radius 3 is 2.33 bits per heavy atom. The summed E-state index contributed by atoms with van der Waals surface area (Å²) in [6, 6.07) is 14.2. The highest BCUT2D eigenvalue weighted by Crippen LogP contribution is 2.31. The maximum Gasteiger partial charge on any atom is 0.129 e. The summed E-state index contributed by atoms with van der Waals surface area (Å²) in [5.74, 6) is 1.72. The maximum absolute atomic E-state index is 6.36. The predicted octanol–water partition coefficient (Wildman–Crippen LogP) is 3.97. The molecule has 3 rings (SSSR count). The Labute approximate surface area is 127 Å². The molecule has 2 aromatic carbocycles. The van der Waals surface area contributed by atoms with Gasteiger partial charge < -0.3 is 15.2 Å². The first-order valence-electron chi connectivity index (χ1n) is 6.67. The van der Waals surface area contributed by atoms with Crippen molar-refractivity contribution in [1.82, 2.24) is 0 Å². The van der Waals surface area contributed by atoms with Crippen LogP contribution in [0.3, 0.4) is 0 Å². The Morgan fingerprint density at radius 1 is 0.905 bits per heavy atom. The van der Waals surface area contributed by atoms with Gasteiger partial charge in [-0.25, -0.2) is 0 Å². The van der Waals surface area contributed by atoms with Crippen LogP contribution in [0, 0.1) is 0 Å². The number of thiophene rings is 1. The van der Waals surface area contributed by atoms with Crippen LogP contribution >= 0.6 is 11.3 Å². The quantitative estimate of drug-likeness (QED) is 0.793. The fourth-order valence-electron chi connectivity index (χ4n) is 2.33. The second-order valence-corrected chi connectivity index (χ2v) is 5.78. The zero-order valence-electron chi connectivity index (χ0n) is 12.0. The summed E-state index contributed by atoms with van der Waals surface area (Å²) < 4.78 is 10.5. The maximum atomic E-state index is 6.36. The first-order valence-corrected chi connectivity index (χ1v) is 7.55. The number of nitrogens with two attached hydrogens (primary N) is 1. The fourth-order valence-corrected chi connectivity index (χ4v) is 3.21. The van der Waals surface area contributed by atoms with Crippen molar-refractivity contribution in [1.29, 1.82) is 0 Å². The Balaban J connectivity index is 1.96. The molecule has 0 aliphatic heterocycles. The second kappa shape index (κ2) is 5.76. The van der Waals surface area contributed by atoms with Gasteiger partial charge in [-0.15, -0.1) is 11.3 Å². The molecule has 0 bridgehead atoms. The van der Waals surface area contributed by atoms with E-state index in [1.54, 1.807) is 25.6 Å². The summed E-state index contributed by atoms with van der Waals surface area (Å²) in [6.07, 6.45) is 0. The van der Waals surface area contributed by atoms with Gasteiger partial charge in [0.15, 0.2) is 0 Å². The third kappa shape index (κ3) is 2.73. The number of rotatable bonds is 4. The molecule has 0 spiro atoms. The lowest BCUT2D eigenvalue weighted by Gasteiger charge is -2.11. The van der Waals surface area contributed by atoms with E-state index in [2.05, 4.69) is 24.3 Å². The molecule has 0 aliphatic carbocycles. The monoisotopic (exact) mass is 299 g/mol. The van der Waals surface area contributed by atoms with E-state index in [1.807, 2.05) is 23.6 Å². The van der Waals surface area contributed by atoms with Crippen LogP contribution in [0.5, 0.6) is 11.5 Å². The summed E-state index contributed by atoms with van der Waals surface area (Å²) in [6.45, 7) is 0. The van der Waals surface area contributed by atoms with Gasteiger partial charge in [-0.3, -0.25) is 0 Å². The van der Waals surface area contributed by atoms with Gasteiger partial charge in [-0.1, -0.05) is 18.2 Å². The minimum Gasteiger partial charge on any atom is -0.497 e. The van der Waals surface area contributed by atoms with Gasteiger partial charge in [-0.05, 0) is 40.6 Å². The minimum absolute atomic E-state index is 0.134. The molecular formula is C17H17NO2S. The average Bonchev–Trinajstić information content (AvgIpc) is 3.02. The van der Waals surface area contributed by atoms with Crippen LogP contribution in [0.25, 0.3) is 10.8 Å². The summed E-state index contributed by atoms with van der Waals surface area (Å²) in [5, 5.41) is 4.28. The van der Waals surface area contributed by atoms with E-state index < -0.39 is 0 Å². The number of fused-ring (bicyclic) bond motifs is 1. The summed E-state index contributed by atoms with van der Waals surface area (Å²) in [5.41, 5.74) is 7.46. The zero-order valence-corrected chi connectivity index (χ0v) is 12.8. The molecule has 0 fully saturated rings. The molecule has 108 valence electrons. The first kappa shape index (κ1) is 13.9. The highest BCUT2D eigenvalue weighted by molar-refractivity contribution is 7.10. The van der Waals surface area contributed by atoms with Gasteiger partial charge in [0.05, 0.1) is 20.3 Å². The van der Waals surface area contributed by atoms with Crippen LogP contribution in [-0.2, 0) is 0 Å². The van der Waals surface area contributed by atoms with Crippen molar-refractivity contribution in [3.05, 3.63) is 58.3 Å². The van der Waals surface area contributed by atoms with Crippen molar-refractivity contribution in [2.45, 2.75) is 6.04 Å². The van der Waals surface area contributed by atoms with Crippen molar-refractivity contribution < 1.29 is 9.47 Å². The SMILES string of the molecule is COc1csc(C(N)c2ccc3cc(OC)ccc3c2)c1. The lowest BCUT2D eigenvalue weighted by atomic mass is 10.0. The number of methoxy groups -OCH3 is 2. The number of ether oxygens (including phenoxy) is 2. The van der Waals surface area contributed by atoms with E-state index in [1.165, 1.54) is 0 Å². The lowest BCUT2D eigenvalue weighted by molar-refractivity contribution is 0.415. The van der Waals surface area contributed by atoms with Crippen molar-refractivity contribution in [2.24, 2.45) is 5.73 Å². The summed E-state index contributed by atoms with van der Waals surface area (Å²) in [4.78, 5) is 1.10. The van der Waals surface area contributed by atoms with E-state index in [0.717, 1.165) is 32.7 Å². The molecule has 1 heterocycles. The Morgan fingerprint density at radius 2 is 1.62 bits per heavy atom. The molecule has 0 aliphatic rings. The molecule has 3 aromatic rings. The largest absolute Gasteiger partial charge is 0.497 e. The third-order valence-corrected chi connectivity index (χ3v) is 4.56. The van der Waals surface area contributed by atoms with Crippen LogP contribution in [0.15, 0.2) is 47.8 Å². The van der Waals surface area contributed by atoms with Gasteiger partial charge in [0.1, 0.15) is 11.5 Å². The van der Waals surface area contributed by atoms with Gasteiger partial charge in [-0.2, -0.15) is 0 Å². The van der Waals surface area contributed by atoms with Crippen molar-refractivity contribution in [3.63, 3.8) is 0 Å². The Hall–Kier alpha value is -2.04. The van der Waals surface area contributed by atoms with E-state index in [-0.39, 0.29) is 6.04 Å². The second-order valence-electron chi connectivity index (χ2n) is 4.84. The summed E-state index contributed by atoms with van der Waals surface area (Å²) >= 11 is 1.62. The van der Waals surface area contributed by atoms with E-state index in [9.17, 15) is 0 Å². The van der Waals surface area contributed by atoms with Crippen LogP contribution in [0.4, 0.5) is 0 Å². The molecule has 0 saturated carbocycles. The van der Waals surface area contributed by atoms with Gasteiger partial charge in [0, 0.05) is 10.3 Å². The Kier molecular flexibility index (Phi) is 3.82. The first-order chi connectivity index (χ1) is 10.2. The Bertz CT molecular complexity index is 766. The number of hydrogen-bond acceptors (Lipinski definition) is 4. The predicted molar refractivity (Wildman–Crippen MR) is 87.4 cm³/mol. The molecule has 2 N–H and O–H groups in total. The van der Waals surface area contributed by atoms with E-state index in [4.69, 9.17) is 15.2 Å². The molecule has 3 nitrogen and oxygen atoms in total. The fraction of sp³-hybridized carbons (Fsp3) is 0.176. The molecule has 0 amide bonds. The van der Waals surface area contributed by atoms with Crippen molar-refractivity contribution in [2.75, 3.05) is 14.2 Å².